The molecule has 3 rings (SSSR count). The normalized spacial score (nSPS) is 10.5. The number of rotatable bonds is 2. The molecule has 0 spiro atoms. The molecule has 0 aliphatic rings. The van der Waals surface area contributed by atoms with Crippen LogP contribution in [0.25, 0.3) is 11.0 Å². The highest BCUT2D eigenvalue weighted by atomic mass is 35.5. The van der Waals surface area contributed by atoms with Crippen molar-refractivity contribution < 1.29 is 9.90 Å². The molecule has 0 saturated heterocycles. The van der Waals surface area contributed by atoms with Gasteiger partial charge in [0.2, 0.25) is 0 Å². The zero-order chi connectivity index (χ0) is 16.4. The van der Waals surface area contributed by atoms with Crippen molar-refractivity contribution in [3.05, 3.63) is 47.0 Å². The Morgan fingerprint density at radius 3 is 2.78 bits per heavy atom. The first-order chi connectivity index (χ1) is 11.0. The highest BCUT2D eigenvalue weighted by molar-refractivity contribution is 7.80. The van der Waals surface area contributed by atoms with Gasteiger partial charge in [-0.2, -0.15) is 8.75 Å². The molecule has 23 heavy (non-hydrogen) atoms. The molecule has 0 aliphatic heterocycles. The summed E-state index contributed by atoms with van der Waals surface area (Å²) in [6.45, 7) is 0. The van der Waals surface area contributed by atoms with Crippen molar-refractivity contribution in [1.29, 1.82) is 0 Å². The number of halogens is 1. The summed E-state index contributed by atoms with van der Waals surface area (Å²) in [5.74, 6) is -0.417. The zero-order valence-electron chi connectivity index (χ0n) is 11.4. The van der Waals surface area contributed by atoms with Gasteiger partial charge in [0, 0.05) is 10.6 Å². The van der Waals surface area contributed by atoms with Gasteiger partial charge in [-0.1, -0.05) is 11.6 Å². The van der Waals surface area contributed by atoms with E-state index in [0.717, 1.165) is 17.2 Å². The summed E-state index contributed by atoms with van der Waals surface area (Å²) in [7, 11) is 0. The molecular weight excluding hydrogens is 356 g/mol. The number of phenols is 1. The maximum atomic E-state index is 12.2. The van der Waals surface area contributed by atoms with Crippen LogP contribution < -0.4 is 10.6 Å². The van der Waals surface area contributed by atoms with Crippen molar-refractivity contribution in [2.24, 2.45) is 0 Å². The van der Waals surface area contributed by atoms with Crippen molar-refractivity contribution in [2.45, 2.75) is 0 Å². The Hall–Kier alpha value is -2.29. The number of anilines is 1. The lowest BCUT2D eigenvalue weighted by molar-refractivity contribution is 0.0978. The van der Waals surface area contributed by atoms with Gasteiger partial charge in [0.05, 0.1) is 17.4 Å². The summed E-state index contributed by atoms with van der Waals surface area (Å²) in [5, 5.41) is 15.5. The van der Waals surface area contributed by atoms with Gasteiger partial charge in [-0.3, -0.25) is 10.1 Å². The van der Waals surface area contributed by atoms with Crippen LogP contribution in [0.4, 0.5) is 5.69 Å². The third-order valence-electron chi connectivity index (χ3n) is 2.95. The SMILES string of the molecule is O=C(NC(=S)Nc1cc(Cl)ccc1O)c1ccc2nsnc2c1. The fourth-order valence-corrected chi connectivity index (χ4v) is 2.75. The quantitative estimate of drug-likeness (QED) is 0.478. The molecule has 2 aromatic carbocycles. The lowest BCUT2D eigenvalue weighted by Crippen LogP contribution is -2.34. The first kappa shape index (κ1) is 15.6. The van der Waals surface area contributed by atoms with Crippen molar-refractivity contribution in [1.82, 2.24) is 14.1 Å². The fraction of sp³-hybridized carbons (Fsp3) is 0. The fourth-order valence-electron chi connectivity index (χ4n) is 1.86. The molecule has 1 aromatic heterocycles. The van der Waals surface area contributed by atoms with Gasteiger partial charge in [-0.05, 0) is 48.6 Å². The molecule has 0 aliphatic carbocycles. The van der Waals surface area contributed by atoms with E-state index in [-0.39, 0.29) is 16.8 Å². The van der Waals surface area contributed by atoms with E-state index in [4.69, 9.17) is 23.8 Å². The van der Waals surface area contributed by atoms with Crippen LogP contribution in [0.2, 0.25) is 5.02 Å². The van der Waals surface area contributed by atoms with E-state index < -0.39 is 0 Å². The smallest absolute Gasteiger partial charge is 0.257 e. The molecule has 0 fully saturated rings. The lowest BCUT2D eigenvalue weighted by atomic mass is 10.2. The van der Waals surface area contributed by atoms with Gasteiger partial charge in [0.15, 0.2) is 5.11 Å². The molecule has 0 bridgehead atoms. The summed E-state index contributed by atoms with van der Waals surface area (Å²) in [5.41, 5.74) is 2.09. The number of thiocarbonyl (C=S) groups is 1. The number of benzene rings is 2. The summed E-state index contributed by atoms with van der Waals surface area (Å²) in [6, 6.07) is 9.46. The van der Waals surface area contributed by atoms with Gasteiger partial charge < -0.3 is 10.4 Å². The molecule has 3 N–H and O–H groups in total. The van der Waals surface area contributed by atoms with Gasteiger partial charge in [0.25, 0.3) is 5.91 Å². The van der Waals surface area contributed by atoms with Crippen molar-refractivity contribution in [2.75, 3.05) is 5.32 Å². The van der Waals surface area contributed by atoms with Gasteiger partial charge in [0.1, 0.15) is 16.8 Å². The highest BCUT2D eigenvalue weighted by Gasteiger charge is 2.11. The molecule has 0 atom stereocenters. The molecule has 0 saturated carbocycles. The first-order valence-corrected chi connectivity index (χ1v) is 7.88. The maximum Gasteiger partial charge on any atom is 0.257 e. The highest BCUT2D eigenvalue weighted by Crippen LogP contribution is 2.26. The molecule has 0 radical (unpaired) electrons. The standard InChI is InChI=1S/C14H9ClN4O2S2/c15-8-2-4-12(20)11(6-8)16-14(22)17-13(21)7-1-3-9-10(5-7)19-23-18-9/h1-6,20H,(H2,16,17,21,22). The Balaban J connectivity index is 1.71. The predicted molar refractivity (Wildman–Crippen MR) is 94.2 cm³/mol. The predicted octanol–water partition coefficient (Wildman–Crippen LogP) is 3.18. The number of hydrogen-bond acceptors (Lipinski definition) is 6. The number of nitrogens with zero attached hydrogens (tertiary/aromatic N) is 2. The van der Waals surface area contributed by atoms with Crippen molar-refractivity contribution in [3.63, 3.8) is 0 Å². The van der Waals surface area contributed by atoms with E-state index in [1.807, 2.05) is 0 Å². The number of amides is 1. The molecule has 0 unspecified atom stereocenters. The number of aromatic hydroxyl groups is 1. The Bertz CT molecular complexity index is 913. The zero-order valence-corrected chi connectivity index (χ0v) is 13.8. The minimum Gasteiger partial charge on any atom is -0.506 e. The number of phenolic OH excluding ortho intramolecular Hbond substituents is 1. The largest absolute Gasteiger partial charge is 0.506 e. The summed E-state index contributed by atoms with van der Waals surface area (Å²) >= 11 is 12.0. The van der Waals surface area contributed by atoms with Crippen LogP contribution >= 0.6 is 35.5 Å². The first-order valence-electron chi connectivity index (χ1n) is 6.36. The average Bonchev–Trinajstić information content (AvgIpc) is 2.98. The molecule has 6 nitrogen and oxygen atoms in total. The number of carbonyl (C=O) groups is 1. The third kappa shape index (κ3) is 3.55. The minimum atomic E-state index is -0.390. The van der Waals surface area contributed by atoms with Crippen LogP contribution in [0.1, 0.15) is 10.4 Å². The monoisotopic (exact) mass is 364 g/mol. The molecule has 1 amide bonds. The van der Waals surface area contributed by atoms with E-state index in [1.54, 1.807) is 24.3 Å². The molecule has 3 aromatic rings. The second-order valence-corrected chi connectivity index (χ2v) is 5.91. The van der Waals surface area contributed by atoms with Crippen LogP contribution in [0, 0.1) is 0 Å². The number of aromatic nitrogens is 2. The minimum absolute atomic E-state index is 0.0269. The third-order valence-corrected chi connectivity index (χ3v) is 3.95. The lowest BCUT2D eigenvalue weighted by Gasteiger charge is -2.11. The summed E-state index contributed by atoms with van der Waals surface area (Å²) in [4.78, 5) is 12.2. The molecule has 116 valence electrons. The second-order valence-electron chi connectivity index (χ2n) is 4.54. The van der Waals surface area contributed by atoms with E-state index in [9.17, 15) is 9.90 Å². The van der Waals surface area contributed by atoms with Crippen LogP contribution in [0.3, 0.4) is 0 Å². The van der Waals surface area contributed by atoms with E-state index in [0.29, 0.717) is 21.8 Å². The number of fused-ring (bicyclic) bond motifs is 1. The Morgan fingerprint density at radius 2 is 1.96 bits per heavy atom. The van der Waals surface area contributed by atoms with E-state index >= 15 is 0 Å². The van der Waals surface area contributed by atoms with Crippen LogP contribution in [0.15, 0.2) is 36.4 Å². The Labute approximate surface area is 145 Å². The van der Waals surface area contributed by atoms with Gasteiger partial charge >= 0.3 is 0 Å². The van der Waals surface area contributed by atoms with E-state index in [1.165, 1.54) is 12.1 Å². The van der Waals surface area contributed by atoms with Crippen molar-refractivity contribution in [3.8, 4) is 5.75 Å². The van der Waals surface area contributed by atoms with Crippen LogP contribution in [-0.2, 0) is 0 Å². The van der Waals surface area contributed by atoms with Crippen LogP contribution in [0.5, 0.6) is 5.75 Å². The van der Waals surface area contributed by atoms with Crippen molar-refractivity contribution >= 4 is 63.3 Å². The van der Waals surface area contributed by atoms with E-state index in [2.05, 4.69) is 19.4 Å². The molecular formula is C14H9ClN4O2S2. The maximum absolute atomic E-state index is 12.2. The van der Waals surface area contributed by atoms with Gasteiger partial charge in [-0.15, -0.1) is 0 Å². The molecule has 1 heterocycles. The topological polar surface area (TPSA) is 87.1 Å². The van der Waals surface area contributed by atoms with Gasteiger partial charge in [-0.25, -0.2) is 0 Å². The summed E-state index contributed by atoms with van der Waals surface area (Å²) < 4.78 is 8.16. The average molecular weight is 365 g/mol. The van der Waals surface area contributed by atoms with Crippen LogP contribution in [-0.4, -0.2) is 24.9 Å². The second kappa shape index (κ2) is 6.45. The Kier molecular flexibility index (Phi) is 4.37. The number of hydrogen-bond donors (Lipinski definition) is 3. The Morgan fingerprint density at radius 1 is 1.17 bits per heavy atom. The number of carbonyl (C=O) groups excluding carboxylic acids is 1. The number of nitrogens with one attached hydrogen (secondary N) is 2. The summed E-state index contributed by atoms with van der Waals surface area (Å²) in [6.07, 6.45) is 0. The molecule has 9 heteroatoms.